The second kappa shape index (κ2) is 6.44. The van der Waals surface area contributed by atoms with E-state index in [9.17, 15) is 9.18 Å². The van der Waals surface area contributed by atoms with Crippen LogP contribution in [0.1, 0.15) is 11.3 Å². The Hall–Kier alpha value is -2.95. The maximum atomic E-state index is 12.9. The first-order valence-corrected chi connectivity index (χ1v) is 7.20. The number of rotatable bonds is 5. The average molecular weight is 310 g/mol. The largest absolute Gasteiger partial charge is 0.481 e. The van der Waals surface area contributed by atoms with E-state index in [4.69, 9.17) is 5.11 Å². The molecule has 4 nitrogen and oxygen atoms in total. The quantitative estimate of drug-likeness (QED) is 0.755. The van der Waals surface area contributed by atoms with Gasteiger partial charge < -0.3 is 10.4 Å². The molecule has 0 saturated carbocycles. The summed E-state index contributed by atoms with van der Waals surface area (Å²) in [5, 5.41) is 13.2. The van der Waals surface area contributed by atoms with Crippen LogP contribution in [0, 0.1) is 5.82 Å². The fraction of sp³-hybridized carbons (Fsp3) is 0.111. The van der Waals surface area contributed by atoms with Gasteiger partial charge >= 0.3 is 5.97 Å². The zero-order chi connectivity index (χ0) is 16.2. The van der Waals surface area contributed by atoms with Crippen LogP contribution in [0.3, 0.4) is 0 Å². The van der Waals surface area contributed by atoms with Gasteiger partial charge in [0, 0.05) is 17.6 Å². The van der Waals surface area contributed by atoms with Crippen molar-refractivity contribution in [2.45, 2.75) is 13.0 Å². The number of aromatic nitrogens is 1. The van der Waals surface area contributed by atoms with Crippen molar-refractivity contribution in [2.24, 2.45) is 0 Å². The van der Waals surface area contributed by atoms with Crippen molar-refractivity contribution in [1.82, 2.24) is 4.98 Å². The van der Waals surface area contributed by atoms with Crippen LogP contribution in [0.4, 0.5) is 10.1 Å². The summed E-state index contributed by atoms with van der Waals surface area (Å²) in [4.78, 5) is 15.3. The van der Waals surface area contributed by atoms with Gasteiger partial charge in [0.05, 0.1) is 17.6 Å². The van der Waals surface area contributed by atoms with Crippen molar-refractivity contribution in [3.05, 3.63) is 71.7 Å². The van der Waals surface area contributed by atoms with Crippen LogP contribution in [0.2, 0.25) is 0 Å². The molecule has 116 valence electrons. The summed E-state index contributed by atoms with van der Waals surface area (Å²) in [5.74, 6) is -1.19. The van der Waals surface area contributed by atoms with Crippen LogP contribution < -0.4 is 5.32 Å². The van der Waals surface area contributed by atoms with Gasteiger partial charge in [0.2, 0.25) is 0 Å². The number of nitrogens with one attached hydrogen (secondary N) is 1. The molecule has 0 unspecified atom stereocenters. The van der Waals surface area contributed by atoms with E-state index in [-0.39, 0.29) is 12.2 Å². The molecule has 2 aromatic carbocycles. The number of fused-ring (bicyclic) bond motifs is 1. The second-order valence-corrected chi connectivity index (χ2v) is 5.23. The number of carboxylic acids is 1. The maximum absolute atomic E-state index is 12.9. The maximum Gasteiger partial charge on any atom is 0.309 e. The van der Waals surface area contributed by atoms with Gasteiger partial charge in [0.1, 0.15) is 5.82 Å². The second-order valence-electron chi connectivity index (χ2n) is 5.23. The Morgan fingerprint density at radius 2 is 1.87 bits per heavy atom. The lowest BCUT2D eigenvalue weighted by molar-refractivity contribution is -0.136. The van der Waals surface area contributed by atoms with Crippen LogP contribution in [-0.2, 0) is 17.8 Å². The van der Waals surface area contributed by atoms with E-state index < -0.39 is 5.97 Å². The minimum absolute atomic E-state index is 0.129. The van der Waals surface area contributed by atoms with Crippen molar-refractivity contribution in [3.8, 4) is 0 Å². The van der Waals surface area contributed by atoms with E-state index in [2.05, 4.69) is 10.3 Å². The SMILES string of the molecule is O=C(O)Cc1cc(NCc2ccc(F)cc2)c2ccccc2n1. The van der Waals surface area contributed by atoms with E-state index >= 15 is 0 Å². The number of nitrogens with zero attached hydrogens (tertiary/aromatic N) is 1. The van der Waals surface area contributed by atoms with Gasteiger partial charge in [0.25, 0.3) is 0 Å². The minimum atomic E-state index is -0.919. The molecule has 0 amide bonds. The van der Waals surface area contributed by atoms with Gasteiger partial charge in [-0.25, -0.2) is 4.39 Å². The van der Waals surface area contributed by atoms with Gasteiger partial charge in [-0.15, -0.1) is 0 Å². The van der Waals surface area contributed by atoms with Crippen molar-refractivity contribution >= 4 is 22.6 Å². The highest BCUT2D eigenvalue weighted by atomic mass is 19.1. The first kappa shape index (κ1) is 15.0. The predicted molar refractivity (Wildman–Crippen MR) is 86.8 cm³/mol. The molecule has 0 aliphatic carbocycles. The van der Waals surface area contributed by atoms with Crippen LogP contribution in [0.25, 0.3) is 10.9 Å². The molecular formula is C18H15FN2O2. The number of pyridine rings is 1. The normalized spacial score (nSPS) is 10.7. The van der Waals surface area contributed by atoms with Gasteiger partial charge in [-0.3, -0.25) is 9.78 Å². The number of benzene rings is 2. The van der Waals surface area contributed by atoms with Crippen LogP contribution in [0.5, 0.6) is 0 Å². The molecular weight excluding hydrogens is 295 g/mol. The number of carbonyl (C=O) groups is 1. The lowest BCUT2D eigenvalue weighted by Gasteiger charge is -2.11. The molecule has 3 aromatic rings. The van der Waals surface area contributed by atoms with E-state index in [0.717, 1.165) is 22.2 Å². The number of carboxylic acid groups (broad SMARTS) is 1. The third-order valence-corrected chi connectivity index (χ3v) is 3.50. The Balaban J connectivity index is 1.91. The lowest BCUT2D eigenvalue weighted by Crippen LogP contribution is -2.06. The molecule has 0 saturated heterocycles. The third-order valence-electron chi connectivity index (χ3n) is 3.50. The summed E-state index contributed by atoms with van der Waals surface area (Å²) in [6.45, 7) is 0.515. The van der Waals surface area contributed by atoms with Gasteiger partial charge in [0.15, 0.2) is 0 Å². The number of para-hydroxylation sites is 1. The molecule has 0 atom stereocenters. The third kappa shape index (κ3) is 3.63. The number of aliphatic carboxylic acids is 1. The minimum Gasteiger partial charge on any atom is -0.481 e. The summed E-state index contributed by atoms with van der Waals surface area (Å²) in [7, 11) is 0. The highest BCUT2D eigenvalue weighted by Gasteiger charge is 2.08. The Morgan fingerprint density at radius 3 is 2.61 bits per heavy atom. The molecule has 0 aliphatic rings. The van der Waals surface area contributed by atoms with Crippen LogP contribution in [0.15, 0.2) is 54.6 Å². The number of anilines is 1. The first-order valence-electron chi connectivity index (χ1n) is 7.20. The smallest absolute Gasteiger partial charge is 0.309 e. The Labute approximate surface area is 132 Å². The number of halogens is 1. The van der Waals surface area contributed by atoms with Crippen molar-refractivity contribution in [3.63, 3.8) is 0 Å². The van der Waals surface area contributed by atoms with Gasteiger partial charge in [-0.2, -0.15) is 0 Å². The number of hydrogen-bond donors (Lipinski definition) is 2. The van der Waals surface area contributed by atoms with E-state index in [1.807, 2.05) is 24.3 Å². The van der Waals surface area contributed by atoms with E-state index in [1.165, 1.54) is 12.1 Å². The Morgan fingerprint density at radius 1 is 1.13 bits per heavy atom. The molecule has 0 spiro atoms. The molecule has 0 aliphatic heterocycles. The Bertz CT molecular complexity index is 847. The van der Waals surface area contributed by atoms with Gasteiger partial charge in [-0.1, -0.05) is 30.3 Å². The van der Waals surface area contributed by atoms with Crippen LogP contribution >= 0.6 is 0 Å². The molecule has 1 aromatic heterocycles. The molecule has 1 heterocycles. The first-order chi connectivity index (χ1) is 11.1. The molecule has 3 rings (SSSR count). The zero-order valence-corrected chi connectivity index (χ0v) is 12.3. The fourth-order valence-electron chi connectivity index (χ4n) is 2.42. The summed E-state index contributed by atoms with van der Waals surface area (Å²) in [6, 6.07) is 15.6. The summed E-state index contributed by atoms with van der Waals surface area (Å²) in [5.41, 5.74) is 2.99. The zero-order valence-electron chi connectivity index (χ0n) is 12.3. The molecule has 0 fully saturated rings. The lowest BCUT2D eigenvalue weighted by atomic mass is 10.1. The molecule has 5 heteroatoms. The van der Waals surface area contributed by atoms with Crippen molar-refractivity contribution in [1.29, 1.82) is 0 Å². The standard InChI is InChI=1S/C18H15FN2O2/c19-13-7-5-12(6-8-13)11-20-17-9-14(10-18(22)23)21-16-4-2-1-3-15(16)17/h1-9H,10-11H2,(H,20,21)(H,22,23). The molecule has 0 bridgehead atoms. The van der Waals surface area contributed by atoms with Crippen molar-refractivity contribution < 1.29 is 14.3 Å². The monoisotopic (exact) mass is 310 g/mol. The molecule has 2 N–H and O–H groups in total. The predicted octanol–water partition coefficient (Wildman–Crippen LogP) is 3.61. The summed E-state index contributed by atoms with van der Waals surface area (Å²) >= 11 is 0. The van der Waals surface area contributed by atoms with Gasteiger partial charge in [-0.05, 0) is 29.8 Å². The molecule has 0 radical (unpaired) electrons. The van der Waals surface area contributed by atoms with Crippen molar-refractivity contribution in [2.75, 3.05) is 5.32 Å². The summed E-state index contributed by atoms with van der Waals surface area (Å²) < 4.78 is 12.9. The van der Waals surface area contributed by atoms with Crippen LogP contribution in [-0.4, -0.2) is 16.1 Å². The number of hydrogen-bond acceptors (Lipinski definition) is 3. The fourth-order valence-corrected chi connectivity index (χ4v) is 2.42. The highest BCUT2D eigenvalue weighted by Crippen LogP contribution is 2.24. The molecule has 23 heavy (non-hydrogen) atoms. The summed E-state index contributed by atoms with van der Waals surface area (Å²) in [6.07, 6.45) is -0.129. The Kier molecular flexibility index (Phi) is 4.19. The topological polar surface area (TPSA) is 62.2 Å². The van der Waals surface area contributed by atoms with E-state index in [1.54, 1.807) is 18.2 Å². The highest BCUT2D eigenvalue weighted by molar-refractivity contribution is 5.91. The van der Waals surface area contributed by atoms with E-state index in [0.29, 0.717) is 12.2 Å². The average Bonchev–Trinajstić information content (AvgIpc) is 2.53.